The summed E-state index contributed by atoms with van der Waals surface area (Å²) < 4.78 is 9.87. The van der Waals surface area contributed by atoms with Gasteiger partial charge in [-0.3, -0.25) is 4.79 Å². The number of nitriles is 1. The first-order valence-corrected chi connectivity index (χ1v) is 8.45. The Morgan fingerprint density at radius 1 is 1.14 bits per heavy atom. The summed E-state index contributed by atoms with van der Waals surface area (Å²) in [7, 11) is 2.83. The van der Waals surface area contributed by atoms with Crippen molar-refractivity contribution < 1.29 is 19.1 Å². The van der Waals surface area contributed by atoms with Crippen LogP contribution in [0.15, 0.2) is 54.2 Å². The van der Waals surface area contributed by atoms with Crippen LogP contribution in [0.4, 0.5) is 5.69 Å². The number of nitrogens with zero attached hydrogens (tertiary/aromatic N) is 1. The van der Waals surface area contributed by atoms with E-state index in [4.69, 9.17) is 4.74 Å². The number of nitrogens with one attached hydrogen (secondary N) is 2. The van der Waals surface area contributed by atoms with Crippen LogP contribution >= 0.6 is 0 Å². The maximum atomic E-state index is 12.4. The summed E-state index contributed by atoms with van der Waals surface area (Å²) in [6.45, 7) is 2.27. The number of rotatable bonds is 7. The molecule has 0 fully saturated rings. The van der Waals surface area contributed by atoms with E-state index in [0.717, 1.165) is 11.1 Å². The molecule has 0 saturated heterocycles. The first kappa shape index (κ1) is 20.5. The fraction of sp³-hybridized carbons (Fsp3) is 0.190. The van der Waals surface area contributed by atoms with Crippen LogP contribution < -0.4 is 15.4 Å². The van der Waals surface area contributed by atoms with Gasteiger partial charge in [-0.15, -0.1) is 0 Å². The van der Waals surface area contributed by atoms with E-state index in [0.29, 0.717) is 23.5 Å². The minimum absolute atomic E-state index is 0.0743. The standard InChI is InChI=1S/C21H21N3O4/c1-14-4-9-19(27-2)18(10-14)24-20(25)17(11-22)13-23-12-15-5-7-16(8-6-15)21(26)28-3/h4-10,13,23H,12H2,1-3H3,(H,24,25)/b17-13-. The third-order valence-corrected chi connectivity index (χ3v) is 3.90. The molecule has 0 radical (unpaired) electrons. The van der Waals surface area contributed by atoms with E-state index in [9.17, 15) is 14.9 Å². The number of aryl methyl sites for hydroxylation is 1. The number of hydrogen-bond acceptors (Lipinski definition) is 6. The number of carbonyl (C=O) groups is 2. The zero-order valence-electron chi connectivity index (χ0n) is 15.9. The molecular weight excluding hydrogens is 358 g/mol. The van der Waals surface area contributed by atoms with Gasteiger partial charge in [0.05, 0.1) is 25.5 Å². The Kier molecular flexibility index (Phi) is 7.17. The molecule has 0 atom stereocenters. The number of ether oxygens (including phenoxy) is 2. The molecule has 0 aromatic heterocycles. The van der Waals surface area contributed by atoms with Crippen LogP contribution in [-0.4, -0.2) is 26.1 Å². The Labute approximate surface area is 163 Å². The van der Waals surface area contributed by atoms with Gasteiger partial charge >= 0.3 is 5.97 Å². The van der Waals surface area contributed by atoms with Crippen LogP contribution in [0.5, 0.6) is 5.75 Å². The molecule has 0 aliphatic carbocycles. The SMILES string of the molecule is COC(=O)c1ccc(CN/C=C(/C#N)C(=O)Nc2cc(C)ccc2OC)cc1. The van der Waals surface area contributed by atoms with Gasteiger partial charge in [0.15, 0.2) is 0 Å². The van der Waals surface area contributed by atoms with Crippen molar-refractivity contribution in [2.45, 2.75) is 13.5 Å². The molecule has 1 amide bonds. The molecule has 0 unspecified atom stereocenters. The summed E-state index contributed by atoms with van der Waals surface area (Å²) in [6.07, 6.45) is 1.35. The lowest BCUT2D eigenvalue weighted by Crippen LogP contribution is -2.17. The molecule has 2 N–H and O–H groups in total. The number of carbonyl (C=O) groups excluding carboxylic acids is 2. The van der Waals surface area contributed by atoms with Crippen molar-refractivity contribution in [1.82, 2.24) is 5.32 Å². The molecule has 144 valence electrons. The van der Waals surface area contributed by atoms with E-state index in [1.165, 1.54) is 20.4 Å². The Bertz CT molecular complexity index is 928. The summed E-state index contributed by atoms with van der Waals surface area (Å²) >= 11 is 0. The molecular formula is C21H21N3O4. The highest BCUT2D eigenvalue weighted by Gasteiger charge is 2.12. The van der Waals surface area contributed by atoms with Gasteiger partial charge in [-0.2, -0.15) is 5.26 Å². The monoisotopic (exact) mass is 379 g/mol. The fourth-order valence-electron chi connectivity index (χ4n) is 2.41. The van der Waals surface area contributed by atoms with E-state index >= 15 is 0 Å². The normalized spacial score (nSPS) is 10.6. The Morgan fingerprint density at radius 3 is 2.46 bits per heavy atom. The third-order valence-electron chi connectivity index (χ3n) is 3.90. The van der Waals surface area contributed by atoms with Gasteiger partial charge in [0.1, 0.15) is 17.4 Å². The molecule has 0 aliphatic heterocycles. The van der Waals surface area contributed by atoms with Gasteiger partial charge in [-0.05, 0) is 42.3 Å². The number of hydrogen-bond donors (Lipinski definition) is 2. The summed E-state index contributed by atoms with van der Waals surface area (Å²) in [6, 6.07) is 14.1. The molecule has 7 nitrogen and oxygen atoms in total. The summed E-state index contributed by atoms with van der Waals surface area (Å²) in [4.78, 5) is 23.8. The maximum absolute atomic E-state index is 12.4. The van der Waals surface area contributed by atoms with Crippen molar-refractivity contribution in [2.75, 3.05) is 19.5 Å². The second-order valence-electron chi connectivity index (χ2n) is 5.90. The number of amides is 1. The van der Waals surface area contributed by atoms with Gasteiger partial charge in [-0.1, -0.05) is 18.2 Å². The van der Waals surface area contributed by atoms with Crippen molar-refractivity contribution >= 4 is 17.6 Å². The molecule has 2 rings (SSSR count). The molecule has 0 aliphatic rings. The number of esters is 1. The summed E-state index contributed by atoms with van der Waals surface area (Å²) in [5.41, 5.74) is 2.70. The van der Waals surface area contributed by atoms with Crippen molar-refractivity contribution in [3.8, 4) is 11.8 Å². The van der Waals surface area contributed by atoms with Crippen LogP contribution in [0, 0.1) is 18.3 Å². The Balaban J connectivity index is 2.02. The zero-order chi connectivity index (χ0) is 20.5. The number of methoxy groups -OCH3 is 2. The first-order chi connectivity index (χ1) is 13.5. The predicted molar refractivity (Wildman–Crippen MR) is 105 cm³/mol. The lowest BCUT2D eigenvalue weighted by molar-refractivity contribution is -0.112. The molecule has 2 aromatic rings. The highest BCUT2D eigenvalue weighted by atomic mass is 16.5. The van der Waals surface area contributed by atoms with Crippen LogP contribution in [0.2, 0.25) is 0 Å². The first-order valence-electron chi connectivity index (χ1n) is 8.45. The van der Waals surface area contributed by atoms with Crippen molar-refractivity contribution in [3.63, 3.8) is 0 Å². The number of anilines is 1. The van der Waals surface area contributed by atoms with Crippen molar-refractivity contribution in [3.05, 3.63) is 70.9 Å². The van der Waals surface area contributed by atoms with Crippen LogP contribution in [0.1, 0.15) is 21.5 Å². The zero-order valence-corrected chi connectivity index (χ0v) is 15.9. The summed E-state index contributed by atoms with van der Waals surface area (Å²) in [5.74, 6) is -0.441. The van der Waals surface area contributed by atoms with E-state index in [-0.39, 0.29) is 5.57 Å². The lowest BCUT2D eigenvalue weighted by atomic mass is 10.1. The van der Waals surface area contributed by atoms with Gasteiger partial charge in [-0.25, -0.2) is 4.79 Å². The molecule has 0 spiro atoms. The van der Waals surface area contributed by atoms with E-state index < -0.39 is 11.9 Å². The van der Waals surface area contributed by atoms with E-state index in [2.05, 4.69) is 15.4 Å². The average Bonchev–Trinajstić information content (AvgIpc) is 2.71. The summed E-state index contributed by atoms with van der Waals surface area (Å²) in [5, 5.41) is 14.9. The van der Waals surface area contributed by atoms with Gasteiger partial charge < -0.3 is 20.1 Å². The fourth-order valence-corrected chi connectivity index (χ4v) is 2.41. The number of benzene rings is 2. The second-order valence-corrected chi connectivity index (χ2v) is 5.90. The predicted octanol–water partition coefficient (Wildman–Crippen LogP) is 2.93. The largest absolute Gasteiger partial charge is 0.495 e. The van der Waals surface area contributed by atoms with Crippen LogP contribution in [0.3, 0.4) is 0 Å². The van der Waals surface area contributed by atoms with Gasteiger partial charge in [0.2, 0.25) is 0 Å². The lowest BCUT2D eigenvalue weighted by Gasteiger charge is -2.10. The molecule has 28 heavy (non-hydrogen) atoms. The maximum Gasteiger partial charge on any atom is 0.337 e. The van der Waals surface area contributed by atoms with Crippen LogP contribution in [0.25, 0.3) is 0 Å². The smallest absolute Gasteiger partial charge is 0.337 e. The van der Waals surface area contributed by atoms with Crippen molar-refractivity contribution in [2.24, 2.45) is 0 Å². The van der Waals surface area contributed by atoms with E-state index in [1.54, 1.807) is 36.4 Å². The topological polar surface area (TPSA) is 100 Å². The quantitative estimate of drug-likeness (QED) is 0.436. The minimum Gasteiger partial charge on any atom is -0.495 e. The molecule has 2 aromatic carbocycles. The Hall–Kier alpha value is -3.79. The van der Waals surface area contributed by atoms with Crippen LogP contribution in [-0.2, 0) is 16.1 Å². The minimum atomic E-state index is -0.542. The molecule has 0 saturated carbocycles. The van der Waals surface area contributed by atoms with Gasteiger partial charge in [0, 0.05) is 12.7 Å². The van der Waals surface area contributed by atoms with Gasteiger partial charge in [0.25, 0.3) is 5.91 Å². The van der Waals surface area contributed by atoms with Crippen molar-refractivity contribution in [1.29, 1.82) is 5.26 Å². The molecule has 0 heterocycles. The average molecular weight is 379 g/mol. The second kappa shape index (κ2) is 9.78. The van der Waals surface area contributed by atoms with E-state index in [1.807, 2.05) is 19.1 Å². The molecule has 0 bridgehead atoms. The highest BCUT2D eigenvalue weighted by Crippen LogP contribution is 2.25. The highest BCUT2D eigenvalue weighted by molar-refractivity contribution is 6.07. The third kappa shape index (κ3) is 5.35. The molecule has 7 heteroatoms. The Morgan fingerprint density at radius 2 is 1.86 bits per heavy atom.